The highest BCUT2D eigenvalue weighted by Gasteiger charge is 2.17. The molecule has 0 aliphatic rings. The molecule has 0 aromatic carbocycles. The summed E-state index contributed by atoms with van der Waals surface area (Å²) in [6.45, 7) is 2.09. The van der Waals surface area contributed by atoms with Crippen molar-refractivity contribution in [3.63, 3.8) is 0 Å². The number of anilines is 1. The standard InChI is InChI=1S/C10H12ClN3O4/c1-2-3-13(6-9(15)16)10-8(11)4-7(5-12-10)14(17)18/h4-5H,2-3,6H2,1H3,(H,15,16). The van der Waals surface area contributed by atoms with E-state index in [2.05, 4.69) is 4.98 Å². The van der Waals surface area contributed by atoms with Crippen molar-refractivity contribution in [3.05, 3.63) is 27.4 Å². The molecule has 0 unspecified atom stereocenters. The van der Waals surface area contributed by atoms with E-state index in [1.807, 2.05) is 6.92 Å². The fourth-order valence-corrected chi connectivity index (χ4v) is 1.73. The summed E-state index contributed by atoms with van der Waals surface area (Å²) in [4.78, 5) is 26.0. The first-order chi connectivity index (χ1) is 8.45. The second-order valence-corrected chi connectivity index (χ2v) is 3.98. The highest BCUT2D eigenvalue weighted by atomic mass is 35.5. The molecule has 0 fully saturated rings. The topological polar surface area (TPSA) is 96.6 Å². The molecule has 98 valence electrons. The van der Waals surface area contributed by atoms with E-state index in [9.17, 15) is 14.9 Å². The molecule has 0 bridgehead atoms. The van der Waals surface area contributed by atoms with Gasteiger partial charge in [-0.2, -0.15) is 0 Å². The van der Waals surface area contributed by atoms with Crippen molar-refractivity contribution in [2.45, 2.75) is 13.3 Å². The molecule has 0 amide bonds. The van der Waals surface area contributed by atoms with Crippen LogP contribution in [0.5, 0.6) is 0 Å². The Kier molecular flexibility index (Phi) is 4.85. The largest absolute Gasteiger partial charge is 0.480 e. The van der Waals surface area contributed by atoms with Crippen molar-refractivity contribution in [2.24, 2.45) is 0 Å². The third kappa shape index (κ3) is 3.56. The van der Waals surface area contributed by atoms with Crippen LogP contribution in [0.2, 0.25) is 5.02 Å². The normalized spacial score (nSPS) is 10.1. The molecule has 1 heterocycles. The molecule has 0 spiro atoms. The number of aliphatic carboxylic acids is 1. The number of hydrogen-bond acceptors (Lipinski definition) is 5. The molecule has 18 heavy (non-hydrogen) atoms. The molecule has 0 saturated heterocycles. The maximum Gasteiger partial charge on any atom is 0.323 e. The van der Waals surface area contributed by atoms with Crippen molar-refractivity contribution in [1.29, 1.82) is 0 Å². The van der Waals surface area contributed by atoms with E-state index in [0.717, 1.165) is 12.3 Å². The minimum Gasteiger partial charge on any atom is -0.480 e. The molecule has 0 radical (unpaired) electrons. The van der Waals surface area contributed by atoms with Gasteiger partial charge in [0.15, 0.2) is 0 Å². The van der Waals surface area contributed by atoms with Gasteiger partial charge in [0.05, 0.1) is 9.95 Å². The summed E-state index contributed by atoms with van der Waals surface area (Å²) in [5.74, 6) is -0.772. The first-order valence-electron chi connectivity index (χ1n) is 5.22. The average molecular weight is 274 g/mol. The Balaban J connectivity index is 3.04. The van der Waals surface area contributed by atoms with Crippen LogP contribution in [-0.2, 0) is 4.79 Å². The summed E-state index contributed by atoms with van der Waals surface area (Å²) in [7, 11) is 0. The zero-order valence-corrected chi connectivity index (χ0v) is 10.4. The molecule has 1 aromatic rings. The summed E-state index contributed by atoms with van der Waals surface area (Å²) < 4.78 is 0. The number of carboxylic acid groups (broad SMARTS) is 1. The minimum atomic E-state index is -1.01. The van der Waals surface area contributed by atoms with Crippen molar-refractivity contribution >= 4 is 29.1 Å². The van der Waals surface area contributed by atoms with Gasteiger partial charge in [0.1, 0.15) is 18.6 Å². The molecular formula is C10H12ClN3O4. The lowest BCUT2D eigenvalue weighted by Crippen LogP contribution is -2.31. The van der Waals surface area contributed by atoms with Gasteiger partial charge in [-0.05, 0) is 6.42 Å². The summed E-state index contributed by atoms with van der Waals surface area (Å²) in [5, 5.41) is 19.4. The molecule has 1 rings (SSSR count). The van der Waals surface area contributed by atoms with Crippen LogP contribution in [0.3, 0.4) is 0 Å². The van der Waals surface area contributed by atoms with Crippen LogP contribution in [0, 0.1) is 10.1 Å². The fourth-order valence-electron chi connectivity index (χ4n) is 1.45. The van der Waals surface area contributed by atoms with Crippen LogP contribution >= 0.6 is 11.6 Å². The van der Waals surface area contributed by atoms with Gasteiger partial charge in [-0.25, -0.2) is 4.98 Å². The number of hydrogen-bond donors (Lipinski definition) is 1. The summed E-state index contributed by atoms with van der Waals surface area (Å²) in [6, 6.07) is 1.16. The molecule has 0 atom stereocenters. The van der Waals surface area contributed by atoms with Gasteiger partial charge in [-0.1, -0.05) is 18.5 Å². The smallest absolute Gasteiger partial charge is 0.323 e. The van der Waals surface area contributed by atoms with Crippen LogP contribution in [0.4, 0.5) is 11.5 Å². The van der Waals surface area contributed by atoms with E-state index in [4.69, 9.17) is 16.7 Å². The highest BCUT2D eigenvalue weighted by molar-refractivity contribution is 6.33. The van der Waals surface area contributed by atoms with Crippen LogP contribution in [0.1, 0.15) is 13.3 Å². The first-order valence-corrected chi connectivity index (χ1v) is 5.60. The molecule has 0 aliphatic carbocycles. The summed E-state index contributed by atoms with van der Waals surface area (Å²) >= 11 is 5.89. The molecule has 1 N–H and O–H groups in total. The summed E-state index contributed by atoms with van der Waals surface area (Å²) in [6.07, 6.45) is 1.77. The Morgan fingerprint density at radius 3 is 2.78 bits per heavy atom. The number of carbonyl (C=O) groups is 1. The highest BCUT2D eigenvalue weighted by Crippen LogP contribution is 2.27. The lowest BCUT2D eigenvalue weighted by molar-refractivity contribution is -0.385. The molecule has 0 aliphatic heterocycles. The Bertz CT molecular complexity index is 466. The quantitative estimate of drug-likeness (QED) is 0.628. The Morgan fingerprint density at radius 1 is 1.67 bits per heavy atom. The van der Waals surface area contributed by atoms with E-state index in [-0.39, 0.29) is 23.1 Å². The number of aromatic nitrogens is 1. The number of nitrogens with zero attached hydrogens (tertiary/aromatic N) is 3. The van der Waals surface area contributed by atoms with E-state index in [1.165, 1.54) is 4.90 Å². The predicted octanol–water partition coefficient (Wildman–Crippen LogP) is 1.94. The van der Waals surface area contributed by atoms with Crippen LogP contribution in [-0.4, -0.2) is 34.1 Å². The lowest BCUT2D eigenvalue weighted by atomic mass is 10.3. The average Bonchev–Trinajstić information content (AvgIpc) is 2.27. The third-order valence-corrected chi connectivity index (χ3v) is 2.42. The maximum atomic E-state index is 10.7. The second kappa shape index (κ2) is 6.15. The van der Waals surface area contributed by atoms with Gasteiger partial charge in [-0.3, -0.25) is 14.9 Å². The van der Waals surface area contributed by atoms with E-state index >= 15 is 0 Å². The molecule has 8 heteroatoms. The maximum absolute atomic E-state index is 10.7. The van der Waals surface area contributed by atoms with Crippen molar-refractivity contribution in [2.75, 3.05) is 18.0 Å². The Hall–Kier alpha value is -1.89. The molecular weight excluding hydrogens is 262 g/mol. The van der Waals surface area contributed by atoms with Crippen LogP contribution in [0.15, 0.2) is 12.3 Å². The number of carboxylic acids is 1. The van der Waals surface area contributed by atoms with Crippen molar-refractivity contribution in [3.8, 4) is 0 Å². The van der Waals surface area contributed by atoms with E-state index < -0.39 is 10.9 Å². The van der Waals surface area contributed by atoms with E-state index in [1.54, 1.807) is 0 Å². The number of halogens is 1. The predicted molar refractivity (Wildman–Crippen MR) is 66.0 cm³/mol. The van der Waals surface area contributed by atoms with Gasteiger partial charge < -0.3 is 10.0 Å². The number of pyridine rings is 1. The molecule has 0 saturated carbocycles. The van der Waals surface area contributed by atoms with E-state index in [0.29, 0.717) is 13.0 Å². The molecule has 1 aromatic heterocycles. The fraction of sp³-hybridized carbons (Fsp3) is 0.400. The first kappa shape index (κ1) is 14.2. The van der Waals surface area contributed by atoms with Crippen LogP contribution in [0.25, 0.3) is 0 Å². The Labute approximate surface area is 108 Å². The van der Waals surface area contributed by atoms with Gasteiger partial charge in [0.2, 0.25) is 0 Å². The van der Waals surface area contributed by atoms with Gasteiger partial charge in [-0.15, -0.1) is 0 Å². The zero-order valence-electron chi connectivity index (χ0n) is 9.67. The minimum absolute atomic E-state index is 0.0684. The number of nitro groups is 1. The summed E-state index contributed by atoms with van der Waals surface area (Å²) in [5.41, 5.74) is -0.226. The van der Waals surface area contributed by atoms with Gasteiger partial charge in [0.25, 0.3) is 5.69 Å². The van der Waals surface area contributed by atoms with Crippen molar-refractivity contribution in [1.82, 2.24) is 4.98 Å². The van der Waals surface area contributed by atoms with Gasteiger partial charge >= 0.3 is 5.97 Å². The van der Waals surface area contributed by atoms with Crippen molar-refractivity contribution < 1.29 is 14.8 Å². The molecule has 7 nitrogen and oxygen atoms in total. The number of rotatable bonds is 6. The second-order valence-electron chi connectivity index (χ2n) is 3.57. The van der Waals surface area contributed by atoms with Gasteiger partial charge in [0, 0.05) is 12.6 Å². The monoisotopic (exact) mass is 273 g/mol. The van der Waals surface area contributed by atoms with Crippen LogP contribution < -0.4 is 4.90 Å². The third-order valence-electron chi connectivity index (χ3n) is 2.14. The Morgan fingerprint density at radius 2 is 2.33 bits per heavy atom. The zero-order chi connectivity index (χ0) is 13.7. The lowest BCUT2D eigenvalue weighted by Gasteiger charge is -2.21. The SMILES string of the molecule is CCCN(CC(=O)O)c1ncc([N+](=O)[O-])cc1Cl.